The lowest BCUT2D eigenvalue weighted by Crippen LogP contribution is -2.41. The fraction of sp³-hybridized carbons (Fsp3) is 0.222. The summed E-state index contributed by atoms with van der Waals surface area (Å²) < 4.78 is 34.4. The normalized spacial score (nSPS) is 14.6. The molecule has 0 spiro atoms. The summed E-state index contributed by atoms with van der Waals surface area (Å²) >= 11 is 4.02. The summed E-state index contributed by atoms with van der Waals surface area (Å²) in [5.74, 6) is -0.913. The maximum atomic E-state index is 14.6. The van der Waals surface area contributed by atoms with Crippen LogP contribution in [0.25, 0.3) is 10.7 Å². The Bertz CT molecular complexity index is 1090. The predicted molar refractivity (Wildman–Crippen MR) is 109 cm³/mol. The smallest absolute Gasteiger partial charge is 0.184 e. The molecule has 0 amide bonds. The van der Waals surface area contributed by atoms with Gasteiger partial charge in [0.05, 0.1) is 11.4 Å². The van der Waals surface area contributed by atoms with E-state index >= 15 is 0 Å². The molecule has 0 bridgehead atoms. The lowest BCUT2D eigenvalue weighted by molar-refractivity contribution is 0.0133. The minimum absolute atomic E-state index is 0.0163. The average Bonchev–Trinajstić information content (AvgIpc) is 3.44. The van der Waals surface area contributed by atoms with Crippen LogP contribution in [0.1, 0.15) is 12.5 Å². The number of hydrogen-bond acceptors (Lipinski definition) is 8. The van der Waals surface area contributed by atoms with E-state index in [-0.39, 0.29) is 12.1 Å². The molecule has 0 radical (unpaired) electrons. The molecule has 0 aliphatic carbocycles. The van der Waals surface area contributed by atoms with E-state index in [1.165, 1.54) is 58.0 Å². The van der Waals surface area contributed by atoms with E-state index in [2.05, 4.69) is 19.4 Å². The fourth-order valence-corrected chi connectivity index (χ4v) is 5.55. The second kappa shape index (κ2) is 8.27. The summed E-state index contributed by atoms with van der Waals surface area (Å²) in [6, 6.07) is 7.00. The van der Waals surface area contributed by atoms with Crippen LogP contribution in [0.3, 0.4) is 0 Å². The van der Waals surface area contributed by atoms with Crippen LogP contribution in [0.2, 0.25) is 0 Å². The summed E-state index contributed by atoms with van der Waals surface area (Å²) in [5, 5.41) is 16.9. The third-order valence-electron chi connectivity index (χ3n) is 4.37. The van der Waals surface area contributed by atoms with Crippen LogP contribution in [-0.4, -0.2) is 34.5 Å². The van der Waals surface area contributed by atoms with Crippen molar-refractivity contribution in [3.63, 3.8) is 0 Å². The molecule has 0 saturated heterocycles. The van der Waals surface area contributed by atoms with Crippen LogP contribution in [0, 0.1) is 11.6 Å². The predicted octanol–water partition coefficient (Wildman–Crippen LogP) is 4.20. The summed E-state index contributed by atoms with van der Waals surface area (Å²) in [6.07, 6.45) is 2.76. The molecule has 2 atom stereocenters. The second-order valence-electron chi connectivity index (χ2n) is 6.26. The zero-order valence-corrected chi connectivity index (χ0v) is 17.5. The van der Waals surface area contributed by atoms with Gasteiger partial charge in [-0.25, -0.2) is 23.4 Å². The Hall–Kier alpha value is -2.21. The molecule has 29 heavy (non-hydrogen) atoms. The third kappa shape index (κ3) is 4.22. The highest BCUT2D eigenvalue weighted by Gasteiger charge is 2.40. The first-order valence-electron chi connectivity index (χ1n) is 8.50. The van der Waals surface area contributed by atoms with Crippen LogP contribution >= 0.6 is 34.6 Å². The Balaban J connectivity index is 1.65. The van der Waals surface area contributed by atoms with Crippen LogP contribution in [0.5, 0.6) is 0 Å². The number of halogens is 2. The van der Waals surface area contributed by atoms with Gasteiger partial charge in [-0.1, -0.05) is 23.9 Å². The van der Waals surface area contributed by atoms with Crippen molar-refractivity contribution in [3.05, 3.63) is 65.6 Å². The molecule has 4 rings (SSSR count). The van der Waals surface area contributed by atoms with Crippen molar-refractivity contribution < 1.29 is 13.9 Å². The highest BCUT2D eigenvalue weighted by atomic mass is 32.2. The van der Waals surface area contributed by atoms with E-state index < -0.39 is 22.5 Å². The zero-order chi connectivity index (χ0) is 20.4. The molecule has 2 unspecified atom stereocenters. The SMILES string of the molecule is CC(Sc1nc(-c2cccs2)ns1)C(O)(Cn1cncn1)c1ccc(F)cc1F. The summed E-state index contributed by atoms with van der Waals surface area (Å²) in [5.41, 5.74) is -1.71. The number of aromatic nitrogens is 5. The summed E-state index contributed by atoms with van der Waals surface area (Å²) in [4.78, 5) is 9.33. The van der Waals surface area contributed by atoms with E-state index in [1.54, 1.807) is 6.92 Å². The van der Waals surface area contributed by atoms with E-state index in [0.29, 0.717) is 10.2 Å². The Morgan fingerprint density at radius 1 is 1.31 bits per heavy atom. The standard InChI is InChI=1S/C18H15F2N5OS3/c1-11(28-17-23-16(24-29-17)15-3-2-6-27-15)18(26,8-25-10-21-9-22-25)13-5-4-12(19)7-14(13)20/h2-7,9-11,26H,8H2,1H3. The quantitative estimate of drug-likeness (QED) is 0.424. The minimum Gasteiger partial charge on any atom is -0.382 e. The van der Waals surface area contributed by atoms with Gasteiger partial charge in [0.15, 0.2) is 10.2 Å². The van der Waals surface area contributed by atoms with Gasteiger partial charge in [-0.2, -0.15) is 9.47 Å². The molecule has 4 aromatic rings. The van der Waals surface area contributed by atoms with Crippen LogP contribution in [0.15, 0.2) is 52.7 Å². The molecule has 3 aromatic heterocycles. The Labute approximate surface area is 177 Å². The van der Waals surface area contributed by atoms with Gasteiger partial charge in [0, 0.05) is 16.9 Å². The molecule has 3 heterocycles. The maximum Gasteiger partial charge on any atom is 0.184 e. The number of hydrogen-bond donors (Lipinski definition) is 1. The minimum atomic E-state index is -1.69. The van der Waals surface area contributed by atoms with E-state index in [9.17, 15) is 13.9 Å². The molecular formula is C18H15F2N5OS3. The van der Waals surface area contributed by atoms with Gasteiger partial charge in [-0.3, -0.25) is 0 Å². The number of benzene rings is 1. The van der Waals surface area contributed by atoms with Crippen molar-refractivity contribution in [2.75, 3.05) is 0 Å². The molecule has 1 aromatic carbocycles. The summed E-state index contributed by atoms with van der Waals surface area (Å²) in [7, 11) is 0. The van der Waals surface area contributed by atoms with Gasteiger partial charge in [-0.05, 0) is 36.0 Å². The topological polar surface area (TPSA) is 76.7 Å². The average molecular weight is 452 g/mol. The highest BCUT2D eigenvalue weighted by Crippen LogP contribution is 2.40. The number of thioether (sulfide) groups is 1. The molecule has 0 saturated carbocycles. The third-order valence-corrected chi connectivity index (χ3v) is 7.29. The van der Waals surface area contributed by atoms with Crippen molar-refractivity contribution in [2.45, 2.75) is 28.7 Å². The number of rotatable bonds is 7. The van der Waals surface area contributed by atoms with Crippen molar-refractivity contribution in [1.29, 1.82) is 0 Å². The largest absolute Gasteiger partial charge is 0.382 e. The van der Waals surface area contributed by atoms with Gasteiger partial charge < -0.3 is 5.11 Å². The Kier molecular flexibility index (Phi) is 5.72. The van der Waals surface area contributed by atoms with Crippen LogP contribution < -0.4 is 0 Å². The zero-order valence-electron chi connectivity index (χ0n) is 15.1. The highest BCUT2D eigenvalue weighted by molar-refractivity contribution is 8.01. The van der Waals surface area contributed by atoms with Gasteiger partial charge in [0.2, 0.25) is 0 Å². The van der Waals surface area contributed by atoms with Crippen molar-refractivity contribution in [2.24, 2.45) is 0 Å². The Morgan fingerprint density at radius 2 is 2.17 bits per heavy atom. The fourth-order valence-electron chi connectivity index (χ4n) is 2.85. The molecule has 0 fully saturated rings. The maximum absolute atomic E-state index is 14.6. The van der Waals surface area contributed by atoms with Crippen LogP contribution in [0.4, 0.5) is 8.78 Å². The first kappa shape index (κ1) is 20.1. The number of nitrogens with zero attached hydrogens (tertiary/aromatic N) is 5. The molecule has 1 N–H and O–H groups in total. The van der Waals surface area contributed by atoms with Gasteiger partial charge >= 0.3 is 0 Å². The lowest BCUT2D eigenvalue weighted by atomic mass is 9.90. The monoisotopic (exact) mass is 451 g/mol. The Morgan fingerprint density at radius 3 is 2.86 bits per heavy atom. The number of aliphatic hydroxyl groups is 1. The van der Waals surface area contributed by atoms with E-state index in [1.807, 2.05) is 17.5 Å². The van der Waals surface area contributed by atoms with E-state index in [0.717, 1.165) is 17.0 Å². The molecule has 150 valence electrons. The molecule has 0 aliphatic heterocycles. The molecule has 0 aliphatic rings. The van der Waals surface area contributed by atoms with Crippen molar-refractivity contribution in [3.8, 4) is 10.7 Å². The van der Waals surface area contributed by atoms with Gasteiger partial charge in [0.1, 0.15) is 29.9 Å². The van der Waals surface area contributed by atoms with Crippen LogP contribution in [-0.2, 0) is 12.1 Å². The van der Waals surface area contributed by atoms with Crippen molar-refractivity contribution >= 4 is 34.6 Å². The lowest BCUT2D eigenvalue weighted by Gasteiger charge is -2.33. The molecule has 6 nitrogen and oxygen atoms in total. The first-order valence-corrected chi connectivity index (χ1v) is 11.0. The van der Waals surface area contributed by atoms with Crippen molar-refractivity contribution in [1.82, 2.24) is 24.1 Å². The second-order valence-corrected chi connectivity index (χ2v) is 9.55. The number of thiophene rings is 1. The van der Waals surface area contributed by atoms with Gasteiger partial charge in [0.25, 0.3) is 0 Å². The van der Waals surface area contributed by atoms with E-state index in [4.69, 9.17) is 0 Å². The molecule has 11 heteroatoms. The van der Waals surface area contributed by atoms with Gasteiger partial charge in [-0.15, -0.1) is 11.3 Å². The first-order chi connectivity index (χ1) is 14.0. The molecular weight excluding hydrogens is 436 g/mol. The summed E-state index contributed by atoms with van der Waals surface area (Å²) in [6.45, 7) is 1.71.